The van der Waals surface area contributed by atoms with E-state index in [-0.39, 0.29) is 35.3 Å². The monoisotopic (exact) mass is 176 g/mol. The van der Waals surface area contributed by atoms with Crippen LogP contribution >= 0.6 is 0 Å². The molecule has 0 saturated carbocycles. The van der Waals surface area contributed by atoms with Gasteiger partial charge in [-0.3, -0.25) is 4.18 Å². The van der Waals surface area contributed by atoms with E-state index < -0.39 is 16.3 Å². The summed E-state index contributed by atoms with van der Waals surface area (Å²) in [5.74, 6) is -0.0332. The Bertz CT molecular complexity index is 165. The molecule has 1 unspecified atom stereocenters. The molecule has 0 aromatic carbocycles. The molecule has 56 valence electrons. The zero-order valence-corrected chi connectivity index (χ0v) is 9.31. The van der Waals surface area contributed by atoms with Gasteiger partial charge in [0.25, 0.3) is 10.1 Å². The van der Waals surface area contributed by atoms with Crippen molar-refractivity contribution in [2.24, 2.45) is 5.73 Å². The maximum atomic E-state index is 10.5. The van der Waals surface area contributed by atoms with Crippen molar-refractivity contribution in [1.82, 2.24) is 0 Å². The Balaban J connectivity index is 0. The van der Waals surface area contributed by atoms with Gasteiger partial charge in [0.15, 0.2) is 0 Å². The van der Waals surface area contributed by atoms with E-state index in [0.717, 1.165) is 0 Å². The first-order valence-corrected chi connectivity index (χ1v) is 4.22. The summed E-state index contributed by atoms with van der Waals surface area (Å²) in [7, 11) is -3.34. The fourth-order valence-corrected chi connectivity index (χ4v) is 0.898. The van der Waals surface area contributed by atoms with Crippen LogP contribution in [0.5, 0.6) is 0 Å². The normalized spacial score (nSPS) is 13.9. The molecule has 0 bridgehead atoms. The van der Waals surface area contributed by atoms with Crippen LogP contribution in [0, 0.1) is 0 Å². The van der Waals surface area contributed by atoms with Gasteiger partial charge in [0.05, 0.1) is 5.75 Å². The Morgan fingerprint density at radius 2 is 2.00 bits per heavy atom. The third-order valence-electron chi connectivity index (χ3n) is 0.652. The number of nitrogens with two attached hydrogens (primary N) is 1. The zero-order chi connectivity index (χ0) is 7.49. The van der Waals surface area contributed by atoms with Crippen LogP contribution in [0.2, 0.25) is 0 Å². The van der Waals surface area contributed by atoms with Crippen molar-refractivity contribution in [3.8, 4) is 0 Å². The molecule has 0 rings (SSSR count). The Hall–Kier alpha value is 0.870. The summed E-state index contributed by atoms with van der Waals surface area (Å²) in [5, 5.41) is 0. The summed E-state index contributed by atoms with van der Waals surface area (Å²) < 4.78 is 25.4. The second kappa shape index (κ2) is 5.51. The van der Waals surface area contributed by atoms with Crippen molar-refractivity contribution in [3.63, 3.8) is 0 Å². The predicted octanol–water partition coefficient (Wildman–Crippen LogP) is -3.34. The van der Waals surface area contributed by atoms with Crippen LogP contribution in [-0.4, -0.2) is 20.4 Å². The van der Waals surface area contributed by atoms with E-state index in [2.05, 4.69) is 4.18 Å². The van der Waals surface area contributed by atoms with Crippen molar-refractivity contribution in [3.05, 3.63) is 0 Å². The Morgan fingerprint density at radius 3 is 2.10 bits per heavy atom. The van der Waals surface area contributed by atoms with Gasteiger partial charge in [-0.2, -0.15) is 8.42 Å². The van der Waals surface area contributed by atoms with Crippen LogP contribution < -0.4 is 35.3 Å². The number of rotatable bonds is 3. The summed E-state index contributed by atoms with van der Waals surface area (Å²) >= 11 is 0. The van der Waals surface area contributed by atoms with Crippen molar-refractivity contribution in [2.45, 2.75) is 20.1 Å². The summed E-state index contributed by atoms with van der Waals surface area (Å²) in [6.07, 6.45) is -0.741. The van der Waals surface area contributed by atoms with Crippen LogP contribution in [0.3, 0.4) is 0 Å². The first kappa shape index (κ1) is 13.5. The van der Waals surface area contributed by atoms with Gasteiger partial charge in [0.1, 0.15) is 6.23 Å². The van der Waals surface area contributed by atoms with Crippen molar-refractivity contribution < 1.29 is 42.2 Å². The van der Waals surface area contributed by atoms with E-state index in [1.807, 2.05) is 0 Å². The molecule has 0 aromatic heterocycles. The van der Waals surface area contributed by atoms with Crippen LogP contribution in [0.25, 0.3) is 0 Å². The Labute approximate surface area is 83.5 Å². The van der Waals surface area contributed by atoms with Crippen LogP contribution in [0.1, 0.15) is 13.8 Å². The summed E-state index contributed by atoms with van der Waals surface area (Å²) in [5.41, 5.74) is 5.05. The molecule has 4 nitrogen and oxygen atoms in total. The van der Waals surface area contributed by atoms with Gasteiger partial charge < -0.3 is 5.73 Å². The zero-order valence-electron chi connectivity index (χ0n) is 6.49. The average molecular weight is 176 g/mol. The molecule has 0 heterocycles. The van der Waals surface area contributed by atoms with Crippen molar-refractivity contribution in [2.75, 3.05) is 5.75 Å². The smallest absolute Gasteiger partial charge is 0.305 e. The van der Waals surface area contributed by atoms with E-state index in [1.165, 1.54) is 13.8 Å². The van der Waals surface area contributed by atoms with E-state index in [1.54, 1.807) is 0 Å². The molecule has 6 heteroatoms. The average Bonchev–Trinajstić information content (AvgIpc) is 1.63. The van der Waals surface area contributed by atoms with Crippen molar-refractivity contribution >= 4 is 10.1 Å². The molecule has 0 saturated heterocycles. The first-order chi connectivity index (χ1) is 3.98. The fourth-order valence-electron chi connectivity index (χ4n) is 0.299. The van der Waals surface area contributed by atoms with E-state index in [0.29, 0.717) is 0 Å². The van der Waals surface area contributed by atoms with E-state index in [9.17, 15) is 8.42 Å². The maximum absolute atomic E-state index is 10.5. The SMILES string of the molecule is CCS(=O)(=O)OC(C)N.[Na+]. The topological polar surface area (TPSA) is 69.4 Å². The second-order valence-corrected chi connectivity index (χ2v) is 3.53. The van der Waals surface area contributed by atoms with Gasteiger partial charge in [-0.15, -0.1) is 0 Å². The summed E-state index contributed by atoms with van der Waals surface area (Å²) in [6, 6.07) is 0. The largest absolute Gasteiger partial charge is 1.00 e. The van der Waals surface area contributed by atoms with Crippen LogP contribution in [0.4, 0.5) is 0 Å². The van der Waals surface area contributed by atoms with E-state index >= 15 is 0 Å². The summed E-state index contributed by atoms with van der Waals surface area (Å²) in [6.45, 7) is 2.96. The summed E-state index contributed by atoms with van der Waals surface area (Å²) in [4.78, 5) is 0. The molecule has 10 heavy (non-hydrogen) atoms. The molecule has 1 atom stereocenters. The van der Waals surface area contributed by atoms with Gasteiger partial charge in [-0.25, -0.2) is 0 Å². The quantitative estimate of drug-likeness (QED) is 0.277. The molecule has 0 spiro atoms. The van der Waals surface area contributed by atoms with Crippen molar-refractivity contribution in [1.29, 1.82) is 0 Å². The molecule has 0 aromatic rings. The van der Waals surface area contributed by atoms with E-state index in [4.69, 9.17) is 5.73 Å². The third-order valence-corrected chi connectivity index (χ3v) is 1.96. The molecule has 0 radical (unpaired) electrons. The first-order valence-electron chi connectivity index (χ1n) is 2.64. The number of hydrogen-bond donors (Lipinski definition) is 1. The molecule has 0 aliphatic carbocycles. The second-order valence-electron chi connectivity index (χ2n) is 1.65. The molecular formula is C4H11NNaO3S+. The molecule has 0 aliphatic rings. The third kappa shape index (κ3) is 6.98. The molecular weight excluding hydrogens is 165 g/mol. The van der Waals surface area contributed by atoms with Crippen LogP contribution in [0.15, 0.2) is 0 Å². The maximum Gasteiger partial charge on any atom is 1.00 e. The fraction of sp³-hybridized carbons (Fsp3) is 1.00. The minimum absolute atomic E-state index is 0. The van der Waals surface area contributed by atoms with Gasteiger partial charge in [0.2, 0.25) is 0 Å². The molecule has 0 fully saturated rings. The Kier molecular flexibility index (Phi) is 7.42. The van der Waals surface area contributed by atoms with Gasteiger partial charge >= 0.3 is 29.6 Å². The molecule has 2 N–H and O–H groups in total. The van der Waals surface area contributed by atoms with Gasteiger partial charge in [-0.05, 0) is 13.8 Å². The number of hydrogen-bond acceptors (Lipinski definition) is 4. The van der Waals surface area contributed by atoms with Crippen LogP contribution in [-0.2, 0) is 14.3 Å². The van der Waals surface area contributed by atoms with Gasteiger partial charge in [0, 0.05) is 0 Å². The molecule has 0 aliphatic heterocycles. The predicted molar refractivity (Wildman–Crippen MR) is 34.2 cm³/mol. The standard InChI is InChI=1S/C4H11NO3S.Na/c1-3-9(6,7)8-4(2)5;/h4H,3,5H2,1-2H3;/q;+1. The minimum atomic E-state index is -3.34. The van der Waals surface area contributed by atoms with Gasteiger partial charge in [-0.1, -0.05) is 0 Å². The Morgan fingerprint density at radius 1 is 1.60 bits per heavy atom. The molecule has 0 amide bonds. The minimum Gasteiger partial charge on any atom is -0.305 e.